The van der Waals surface area contributed by atoms with Gasteiger partial charge in [0.1, 0.15) is 5.75 Å². The molecule has 1 heterocycles. The number of hydrogen-bond acceptors (Lipinski definition) is 3. The van der Waals surface area contributed by atoms with Crippen molar-refractivity contribution in [3.63, 3.8) is 0 Å². The van der Waals surface area contributed by atoms with Gasteiger partial charge in [-0.1, -0.05) is 12.1 Å². The summed E-state index contributed by atoms with van der Waals surface area (Å²) < 4.78 is 10.7. The van der Waals surface area contributed by atoms with Crippen molar-refractivity contribution in [3.8, 4) is 5.75 Å². The lowest BCUT2D eigenvalue weighted by Gasteiger charge is -2.08. The Labute approximate surface area is 83.8 Å². The summed E-state index contributed by atoms with van der Waals surface area (Å²) in [5, 5.41) is 9.66. The van der Waals surface area contributed by atoms with Crippen LogP contribution in [-0.2, 0) is 4.65 Å². The third kappa shape index (κ3) is 1.40. The summed E-state index contributed by atoms with van der Waals surface area (Å²) in [6.45, 7) is 4.44. The third-order valence-corrected chi connectivity index (χ3v) is 2.42. The number of rotatable bonds is 2. The molecule has 0 aliphatic carbocycles. The predicted molar refractivity (Wildman–Crippen MR) is 54.7 cm³/mol. The van der Waals surface area contributed by atoms with Crippen LogP contribution in [0.5, 0.6) is 5.75 Å². The molecular weight excluding hydrogens is 179 g/mol. The maximum atomic E-state index is 9.66. The van der Waals surface area contributed by atoms with Crippen LogP contribution in [0.15, 0.2) is 18.2 Å². The molecule has 14 heavy (non-hydrogen) atoms. The molecule has 2 rings (SSSR count). The van der Waals surface area contributed by atoms with Gasteiger partial charge in [0.2, 0.25) is 0 Å². The van der Waals surface area contributed by atoms with Crippen LogP contribution in [0.4, 0.5) is 0 Å². The maximum Gasteiger partial charge on any atom is 0.495 e. The van der Waals surface area contributed by atoms with Crippen LogP contribution in [0.2, 0.25) is 0 Å². The van der Waals surface area contributed by atoms with Crippen LogP contribution in [0, 0.1) is 0 Å². The minimum Gasteiger partial charge on any atom is -0.494 e. The quantitative estimate of drug-likeness (QED) is 0.706. The van der Waals surface area contributed by atoms with Gasteiger partial charge in [-0.05, 0) is 25.5 Å². The van der Waals surface area contributed by atoms with Gasteiger partial charge in [0.05, 0.1) is 12.7 Å². The summed E-state index contributed by atoms with van der Waals surface area (Å²) in [6.07, 6.45) is -0.0552. The lowest BCUT2D eigenvalue weighted by atomic mass is 9.78. The molecule has 4 heteroatoms. The Morgan fingerprint density at radius 1 is 1.57 bits per heavy atom. The van der Waals surface area contributed by atoms with Gasteiger partial charge < -0.3 is 14.4 Å². The average molecular weight is 192 g/mol. The van der Waals surface area contributed by atoms with E-state index >= 15 is 0 Å². The molecule has 74 valence electrons. The number of ether oxygens (including phenoxy) is 1. The smallest absolute Gasteiger partial charge is 0.494 e. The highest BCUT2D eigenvalue weighted by molar-refractivity contribution is 6.62. The van der Waals surface area contributed by atoms with Gasteiger partial charge in [-0.2, -0.15) is 0 Å². The Balaban J connectivity index is 2.45. The van der Waals surface area contributed by atoms with Crippen LogP contribution in [-0.4, -0.2) is 18.7 Å². The van der Waals surface area contributed by atoms with Crippen molar-refractivity contribution in [2.24, 2.45) is 0 Å². The second kappa shape index (κ2) is 3.63. The summed E-state index contributed by atoms with van der Waals surface area (Å²) in [6, 6.07) is 5.73. The molecule has 0 fully saturated rings. The molecule has 0 bridgehead atoms. The first-order chi connectivity index (χ1) is 6.74. The normalized spacial score (nSPS) is 19.6. The van der Waals surface area contributed by atoms with Crippen molar-refractivity contribution in [2.75, 3.05) is 6.61 Å². The molecule has 0 saturated heterocycles. The Morgan fingerprint density at radius 2 is 2.36 bits per heavy atom. The Morgan fingerprint density at radius 3 is 3.07 bits per heavy atom. The minimum absolute atomic E-state index is 0.0552. The SMILES string of the molecule is CCOc1cccc2c1B(O)OC2C. The molecule has 0 radical (unpaired) electrons. The summed E-state index contributed by atoms with van der Waals surface area (Å²) in [4.78, 5) is 0. The van der Waals surface area contributed by atoms with Gasteiger partial charge in [0, 0.05) is 5.46 Å². The zero-order valence-electron chi connectivity index (χ0n) is 8.36. The van der Waals surface area contributed by atoms with Crippen molar-refractivity contribution in [1.29, 1.82) is 0 Å². The van der Waals surface area contributed by atoms with E-state index in [0.29, 0.717) is 6.61 Å². The Hall–Kier alpha value is -0.995. The molecule has 1 aliphatic heterocycles. The van der Waals surface area contributed by atoms with E-state index in [4.69, 9.17) is 9.39 Å². The average Bonchev–Trinajstić information content (AvgIpc) is 2.44. The van der Waals surface area contributed by atoms with Gasteiger partial charge in [0.25, 0.3) is 0 Å². The van der Waals surface area contributed by atoms with E-state index in [9.17, 15) is 5.02 Å². The molecule has 1 aromatic rings. The molecule has 1 aromatic carbocycles. The molecule has 1 aliphatic rings. The molecule has 3 nitrogen and oxygen atoms in total. The van der Waals surface area contributed by atoms with Crippen LogP contribution >= 0.6 is 0 Å². The number of fused-ring (bicyclic) bond motifs is 1. The first kappa shape index (κ1) is 9.56. The zero-order valence-corrected chi connectivity index (χ0v) is 8.36. The fourth-order valence-corrected chi connectivity index (χ4v) is 1.80. The van der Waals surface area contributed by atoms with E-state index in [1.807, 2.05) is 32.0 Å². The van der Waals surface area contributed by atoms with Crippen molar-refractivity contribution >= 4 is 12.6 Å². The summed E-state index contributed by atoms with van der Waals surface area (Å²) in [5.74, 6) is 0.724. The number of hydrogen-bond donors (Lipinski definition) is 1. The van der Waals surface area contributed by atoms with E-state index in [1.165, 1.54) is 0 Å². The monoisotopic (exact) mass is 192 g/mol. The lowest BCUT2D eigenvalue weighted by Crippen LogP contribution is -2.29. The van der Waals surface area contributed by atoms with E-state index in [1.54, 1.807) is 0 Å². The van der Waals surface area contributed by atoms with Gasteiger partial charge in [-0.25, -0.2) is 0 Å². The largest absolute Gasteiger partial charge is 0.495 e. The van der Waals surface area contributed by atoms with Gasteiger partial charge in [0.15, 0.2) is 0 Å². The van der Waals surface area contributed by atoms with Crippen molar-refractivity contribution < 1.29 is 14.4 Å². The Bertz CT molecular complexity index is 340. The van der Waals surface area contributed by atoms with Gasteiger partial charge in [-0.15, -0.1) is 0 Å². The van der Waals surface area contributed by atoms with Crippen LogP contribution in [0.25, 0.3) is 0 Å². The number of benzene rings is 1. The van der Waals surface area contributed by atoms with Crippen LogP contribution in [0.1, 0.15) is 25.5 Å². The van der Waals surface area contributed by atoms with E-state index in [-0.39, 0.29) is 6.10 Å². The zero-order chi connectivity index (χ0) is 10.1. The van der Waals surface area contributed by atoms with Gasteiger partial charge >= 0.3 is 7.12 Å². The fourth-order valence-electron chi connectivity index (χ4n) is 1.80. The third-order valence-electron chi connectivity index (χ3n) is 2.42. The first-order valence-corrected chi connectivity index (χ1v) is 4.83. The second-order valence-corrected chi connectivity index (χ2v) is 3.32. The summed E-state index contributed by atoms with van der Waals surface area (Å²) >= 11 is 0. The van der Waals surface area contributed by atoms with Crippen LogP contribution in [0.3, 0.4) is 0 Å². The lowest BCUT2D eigenvalue weighted by molar-refractivity contribution is 0.209. The van der Waals surface area contributed by atoms with Crippen molar-refractivity contribution in [2.45, 2.75) is 20.0 Å². The topological polar surface area (TPSA) is 38.7 Å². The highest BCUT2D eigenvalue weighted by Crippen LogP contribution is 2.26. The van der Waals surface area contributed by atoms with Gasteiger partial charge in [-0.3, -0.25) is 0 Å². The molecule has 0 saturated carbocycles. The van der Waals surface area contributed by atoms with E-state index in [2.05, 4.69) is 0 Å². The highest BCUT2D eigenvalue weighted by atomic mass is 16.5. The second-order valence-electron chi connectivity index (χ2n) is 3.32. The first-order valence-electron chi connectivity index (χ1n) is 4.83. The van der Waals surface area contributed by atoms with Crippen molar-refractivity contribution in [3.05, 3.63) is 23.8 Å². The Kier molecular flexibility index (Phi) is 2.48. The minimum atomic E-state index is -0.845. The maximum absolute atomic E-state index is 9.66. The molecule has 1 atom stereocenters. The highest BCUT2D eigenvalue weighted by Gasteiger charge is 2.35. The molecule has 0 aromatic heterocycles. The summed E-state index contributed by atoms with van der Waals surface area (Å²) in [5.41, 5.74) is 1.80. The van der Waals surface area contributed by atoms with E-state index < -0.39 is 7.12 Å². The molecule has 1 N–H and O–H groups in total. The van der Waals surface area contributed by atoms with E-state index in [0.717, 1.165) is 16.8 Å². The predicted octanol–water partition coefficient (Wildman–Crippen LogP) is 0.864. The fraction of sp³-hybridized carbons (Fsp3) is 0.400. The van der Waals surface area contributed by atoms with Crippen molar-refractivity contribution in [1.82, 2.24) is 0 Å². The summed E-state index contributed by atoms with van der Waals surface area (Å²) in [7, 11) is -0.845. The molecule has 0 spiro atoms. The molecule has 1 unspecified atom stereocenters. The molecular formula is C10H13BO3. The standard InChI is InChI=1S/C10H13BO3/c1-3-13-9-6-4-5-8-7(2)14-11(12)10(8)9/h4-7,12H,3H2,1-2H3. The molecule has 0 amide bonds. The van der Waals surface area contributed by atoms with Crippen LogP contribution < -0.4 is 10.2 Å².